The van der Waals surface area contributed by atoms with Crippen LogP contribution in [-0.2, 0) is 33.2 Å². The molecule has 19 heteroatoms. The maximum Gasteiger partial charge on any atom is 0.220 e. The van der Waals surface area contributed by atoms with Crippen LogP contribution in [0.2, 0.25) is 0 Å². The molecule has 17 unspecified atom stereocenters. The van der Waals surface area contributed by atoms with E-state index in [1.54, 1.807) is 0 Å². The van der Waals surface area contributed by atoms with Gasteiger partial charge in [0.2, 0.25) is 5.91 Å². The number of aliphatic hydroxyl groups excluding tert-OH is 11. The summed E-state index contributed by atoms with van der Waals surface area (Å²) in [6.45, 7) is 1.73. The van der Waals surface area contributed by atoms with Crippen molar-refractivity contribution < 1.29 is 89.4 Å². The van der Waals surface area contributed by atoms with Crippen LogP contribution in [0.15, 0.2) is 0 Å². The number of carbonyl (C=O) groups excluding carboxylic acids is 1. The number of unbranched alkanes of at least 4 members (excludes halogenated alkanes) is 30. The molecule has 3 heterocycles. The van der Waals surface area contributed by atoms with Crippen LogP contribution in [0.25, 0.3) is 0 Å². The zero-order chi connectivity index (χ0) is 56.2. The molecule has 3 aliphatic heterocycles. The van der Waals surface area contributed by atoms with E-state index in [1.165, 1.54) is 141 Å². The Balaban J connectivity index is 1.35. The van der Waals surface area contributed by atoms with E-state index in [9.17, 15) is 61.0 Å². The fourth-order valence-corrected chi connectivity index (χ4v) is 10.8. The lowest BCUT2D eigenvalue weighted by Gasteiger charge is -2.48. The van der Waals surface area contributed by atoms with E-state index in [1.807, 2.05) is 0 Å². The largest absolute Gasteiger partial charge is 0.394 e. The second kappa shape index (κ2) is 42.6. The quantitative estimate of drug-likeness (QED) is 0.0330. The summed E-state index contributed by atoms with van der Waals surface area (Å²) in [5.41, 5.74) is 0. The number of rotatable bonds is 46. The molecule has 0 bridgehead atoms. The summed E-state index contributed by atoms with van der Waals surface area (Å²) in [6, 6.07) is -0.877. The molecular weight excluding hydrogens is 999 g/mol. The van der Waals surface area contributed by atoms with Crippen LogP contribution in [-0.4, -0.2) is 193 Å². The standard InChI is InChI=1S/C58H111NO18/c1-3-5-7-9-11-12-13-14-15-16-17-18-19-20-21-22-23-24-25-26-27-28-29-30-32-34-36-46(64)59-41(42(63)35-33-31-10-8-6-4-2)40-72-56-52(70)49(67)54(44(38-61)74-56)77-58-53(71)50(68)55(45(39-62)75-58)76-57-51(69)48(66)47(65)43(37-60)73-57/h41-45,47-58,60-63,65-71H,3-40H2,1-2H3,(H,59,64). The number of amides is 1. The number of ether oxygens (including phenoxy) is 6. The van der Waals surface area contributed by atoms with Crippen molar-refractivity contribution in [1.29, 1.82) is 0 Å². The maximum atomic E-state index is 13.3. The summed E-state index contributed by atoms with van der Waals surface area (Å²) >= 11 is 0. The molecule has 0 aromatic heterocycles. The normalized spacial score (nSPS) is 30.6. The summed E-state index contributed by atoms with van der Waals surface area (Å²) in [4.78, 5) is 13.3. The van der Waals surface area contributed by atoms with Gasteiger partial charge < -0.3 is 89.9 Å². The van der Waals surface area contributed by atoms with Crippen molar-refractivity contribution >= 4 is 5.91 Å². The van der Waals surface area contributed by atoms with Gasteiger partial charge in [-0.15, -0.1) is 0 Å². The molecule has 19 nitrogen and oxygen atoms in total. The Bertz CT molecular complexity index is 1420. The van der Waals surface area contributed by atoms with Gasteiger partial charge in [-0.1, -0.05) is 213 Å². The third kappa shape index (κ3) is 26.7. The fraction of sp³-hybridized carbons (Fsp3) is 0.983. The molecule has 77 heavy (non-hydrogen) atoms. The highest BCUT2D eigenvalue weighted by atomic mass is 16.8. The first-order chi connectivity index (χ1) is 37.3. The van der Waals surface area contributed by atoms with Gasteiger partial charge in [-0.3, -0.25) is 4.79 Å². The number of hydrogen-bond donors (Lipinski definition) is 12. The first-order valence-electron chi connectivity index (χ1n) is 30.8. The summed E-state index contributed by atoms with van der Waals surface area (Å²) in [5.74, 6) is -0.243. The van der Waals surface area contributed by atoms with Gasteiger partial charge in [0.05, 0.1) is 38.6 Å². The van der Waals surface area contributed by atoms with Crippen LogP contribution in [0.5, 0.6) is 0 Å². The molecule has 0 aromatic rings. The molecule has 456 valence electrons. The Morgan fingerprint density at radius 1 is 0.416 bits per heavy atom. The zero-order valence-electron chi connectivity index (χ0n) is 47.5. The van der Waals surface area contributed by atoms with Gasteiger partial charge in [0, 0.05) is 6.42 Å². The minimum atomic E-state index is -1.97. The Kier molecular flexibility index (Phi) is 38.7. The topological polar surface area (TPSA) is 307 Å². The van der Waals surface area contributed by atoms with E-state index in [0.717, 1.165) is 57.8 Å². The Morgan fingerprint density at radius 2 is 0.740 bits per heavy atom. The van der Waals surface area contributed by atoms with Crippen LogP contribution < -0.4 is 5.32 Å². The first kappa shape index (κ1) is 70.1. The van der Waals surface area contributed by atoms with Crippen molar-refractivity contribution in [3.8, 4) is 0 Å². The molecular formula is C58H111NO18. The average molecular weight is 1110 g/mol. The van der Waals surface area contributed by atoms with Gasteiger partial charge in [-0.05, 0) is 12.8 Å². The van der Waals surface area contributed by atoms with Crippen molar-refractivity contribution in [2.75, 3.05) is 26.4 Å². The zero-order valence-corrected chi connectivity index (χ0v) is 47.5. The number of nitrogens with one attached hydrogen (secondary N) is 1. The second-order valence-electron chi connectivity index (χ2n) is 22.5. The molecule has 0 radical (unpaired) electrons. The maximum absolute atomic E-state index is 13.3. The highest BCUT2D eigenvalue weighted by molar-refractivity contribution is 5.76. The van der Waals surface area contributed by atoms with Crippen molar-refractivity contribution in [3.63, 3.8) is 0 Å². The molecule has 0 spiro atoms. The van der Waals surface area contributed by atoms with Crippen molar-refractivity contribution in [1.82, 2.24) is 5.32 Å². The molecule has 0 saturated carbocycles. The number of hydrogen-bond acceptors (Lipinski definition) is 18. The van der Waals surface area contributed by atoms with E-state index in [-0.39, 0.29) is 18.9 Å². The molecule has 3 rings (SSSR count). The highest BCUT2D eigenvalue weighted by Crippen LogP contribution is 2.33. The highest BCUT2D eigenvalue weighted by Gasteiger charge is 2.53. The Morgan fingerprint density at radius 3 is 1.13 bits per heavy atom. The third-order valence-electron chi connectivity index (χ3n) is 15.9. The first-order valence-corrected chi connectivity index (χ1v) is 30.8. The summed E-state index contributed by atoms with van der Waals surface area (Å²) in [6.07, 6.45) is 14.1. The lowest BCUT2D eigenvalue weighted by atomic mass is 9.96. The van der Waals surface area contributed by atoms with Crippen LogP contribution in [0.1, 0.15) is 232 Å². The number of aliphatic hydroxyl groups is 11. The Hall–Kier alpha value is -1.21. The fourth-order valence-electron chi connectivity index (χ4n) is 10.8. The summed E-state index contributed by atoms with van der Waals surface area (Å²) in [5, 5.41) is 120. The third-order valence-corrected chi connectivity index (χ3v) is 15.9. The SMILES string of the molecule is CCCCCCCCCCCCCCCCCCCCCCCCCCCCC(=O)NC(COC1OC(CO)C(OC2OC(CO)C(OC3OC(CO)C(O)C(O)C3O)C(O)C2O)C(O)C1O)C(O)CCCCCCCC. The van der Waals surface area contributed by atoms with Crippen molar-refractivity contribution in [3.05, 3.63) is 0 Å². The lowest BCUT2D eigenvalue weighted by Crippen LogP contribution is -2.66. The van der Waals surface area contributed by atoms with Gasteiger partial charge in [0.15, 0.2) is 18.9 Å². The van der Waals surface area contributed by atoms with Gasteiger partial charge in [-0.25, -0.2) is 0 Å². The average Bonchev–Trinajstić information content (AvgIpc) is 3.44. The monoisotopic (exact) mass is 1110 g/mol. The van der Waals surface area contributed by atoms with Crippen LogP contribution in [0.3, 0.4) is 0 Å². The van der Waals surface area contributed by atoms with Gasteiger partial charge in [0.25, 0.3) is 0 Å². The molecule has 17 atom stereocenters. The van der Waals surface area contributed by atoms with Crippen molar-refractivity contribution in [2.45, 2.75) is 336 Å². The number of carbonyl (C=O) groups is 1. The van der Waals surface area contributed by atoms with E-state index in [0.29, 0.717) is 12.8 Å². The molecule has 3 saturated heterocycles. The van der Waals surface area contributed by atoms with E-state index in [2.05, 4.69) is 19.2 Å². The minimum absolute atomic E-state index is 0.243. The van der Waals surface area contributed by atoms with E-state index in [4.69, 9.17) is 28.4 Å². The lowest BCUT2D eigenvalue weighted by molar-refractivity contribution is -0.379. The van der Waals surface area contributed by atoms with Crippen LogP contribution >= 0.6 is 0 Å². The predicted octanol–water partition coefficient (Wildman–Crippen LogP) is 5.60. The van der Waals surface area contributed by atoms with Crippen molar-refractivity contribution in [2.24, 2.45) is 0 Å². The Labute approximate surface area is 462 Å². The predicted molar refractivity (Wildman–Crippen MR) is 291 cm³/mol. The molecule has 0 aliphatic carbocycles. The van der Waals surface area contributed by atoms with Crippen LogP contribution in [0, 0.1) is 0 Å². The molecule has 12 N–H and O–H groups in total. The van der Waals surface area contributed by atoms with Gasteiger partial charge >= 0.3 is 0 Å². The smallest absolute Gasteiger partial charge is 0.220 e. The molecule has 3 fully saturated rings. The van der Waals surface area contributed by atoms with Gasteiger partial charge in [-0.2, -0.15) is 0 Å². The molecule has 1 amide bonds. The van der Waals surface area contributed by atoms with E-state index < -0.39 is 124 Å². The summed E-state index contributed by atoms with van der Waals surface area (Å²) in [7, 11) is 0. The molecule has 0 aromatic carbocycles. The molecule has 3 aliphatic rings. The second-order valence-corrected chi connectivity index (χ2v) is 22.5. The van der Waals surface area contributed by atoms with E-state index >= 15 is 0 Å². The minimum Gasteiger partial charge on any atom is -0.394 e. The summed E-state index contributed by atoms with van der Waals surface area (Å²) < 4.78 is 34.2. The van der Waals surface area contributed by atoms with Crippen LogP contribution in [0.4, 0.5) is 0 Å². The van der Waals surface area contributed by atoms with Gasteiger partial charge in [0.1, 0.15) is 73.2 Å².